The van der Waals surface area contributed by atoms with Crippen molar-refractivity contribution in [1.82, 2.24) is 9.55 Å². The van der Waals surface area contributed by atoms with Crippen LogP contribution >= 0.6 is 12.2 Å². The van der Waals surface area contributed by atoms with Gasteiger partial charge >= 0.3 is 0 Å². The molecule has 0 spiro atoms. The zero-order valence-corrected chi connectivity index (χ0v) is 13.9. The number of hydrogen-bond donors (Lipinski definition) is 2. The quantitative estimate of drug-likeness (QED) is 0.846. The van der Waals surface area contributed by atoms with E-state index in [1.807, 2.05) is 24.3 Å². The molecule has 4 nitrogen and oxygen atoms in total. The molecule has 1 fully saturated rings. The Hall–Kier alpha value is -1.46. The van der Waals surface area contributed by atoms with E-state index >= 15 is 0 Å². The van der Waals surface area contributed by atoms with Crippen LogP contribution in [0.4, 0.5) is 0 Å². The zero-order valence-electron chi connectivity index (χ0n) is 13.1. The summed E-state index contributed by atoms with van der Waals surface area (Å²) < 4.78 is 2.25. The van der Waals surface area contributed by atoms with Gasteiger partial charge in [0.2, 0.25) is 0 Å². The first kappa shape index (κ1) is 15.4. The van der Waals surface area contributed by atoms with Crippen LogP contribution in [-0.4, -0.2) is 28.7 Å². The van der Waals surface area contributed by atoms with E-state index in [0.29, 0.717) is 11.3 Å². The largest absolute Gasteiger partial charge is 0.333 e. The molecule has 22 heavy (non-hydrogen) atoms. The van der Waals surface area contributed by atoms with Crippen molar-refractivity contribution in [3.05, 3.63) is 39.4 Å². The molecule has 1 aromatic carbocycles. The Bertz CT molecular complexity index is 764. The standard InChI is InChI=1S/C17H23N3OS/c1-13-7-4-5-10-19(13)11-6-12-20-16(21)14-8-2-3-9-15(14)18-17(20)22/h2-3,8-9,13H,4-7,10-12H2,1H3,(H,18,22)/p+1/t13-/m0/s1. The van der Waals surface area contributed by atoms with Gasteiger partial charge in [0.1, 0.15) is 0 Å². The molecule has 1 saturated heterocycles. The second-order valence-corrected chi connectivity index (χ2v) is 6.73. The number of nitrogens with one attached hydrogen (secondary N) is 2. The maximum atomic E-state index is 12.6. The minimum absolute atomic E-state index is 0.0287. The Morgan fingerprint density at radius 2 is 2.18 bits per heavy atom. The van der Waals surface area contributed by atoms with E-state index in [4.69, 9.17) is 12.2 Å². The summed E-state index contributed by atoms with van der Waals surface area (Å²) in [5.74, 6) is 0. The van der Waals surface area contributed by atoms with Gasteiger partial charge in [0.15, 0.2) is 4.77 Å². The Balaban J connectivity index is 1.74. The molecule has 2 aromatic rings. The van der Waals surface area contributed by atoms with E-state index in [1.165, 1.54) is 25.8 Å². The monoisotopic (exact) mass is 318 g/mol. The predicted octanol–water partition coefficient (Wildman–Crippen LogP) is 1.91. The lowest BCUT2D eigenvalue weighted by Gasteiger charge is -2.30. The first-order chi connectivity index (χ1) is 10.7. The molecular weight excluding hydrogens is 294 g/mol. The number of rotatable bonds is 4. The molecular formula is C17H24N3OS+. The number of hydrogen-bond acceptors (Lipinski definition) is 2. The van der Waals surface area contributed by atoms with E-state index in [1.54, 1.807) is 9.47 Å². The molecule has 1 unspecified atom stereocenters. The number of H-pyrrole nitrogens is 1. The van der Waals surface area contributed by atoms with E-state index in [9.17, 15) is 4.79 Å². The number of likely N-dealkylation sites (tertiary alicyclic amines) is 1. The van der Waals surface area contributed by atoms with Crippen molar-refractivity contribution in [2.75, 3.05) is 13.1 Å². The first-order valence-corrected chi connectivity index (χ1v) is 8.64. The fourth-order valence-corrected chi connectivity index (χ4v) is 3.77. The lowest BCUT2D eigenvalue weighted by atomic mass is 10.0. The van der Waals surface area contributed by atoms with E-state index in [2.05, 4.69) is 11.9 Å². The predicted molar refractivity (Wildman–Crippen MR) is 92.0 cm³/mol. The Morgan fingerprint density at radius 1 is 1.36 bits per heavy atom. The van der Waals surface area contributed by atoms with Gasteiger partial charge in [-0.15, -0.1) is 0 Å². The van der Waals surface area contributed by atoms with Gasteiger partial charge in [-0.25, -0.2) is 0 Å². The third-order valence-corrected chi connectivity index (χ3v) is 5.17. The highest BCUT2D eigenvalue weighted by atomic mass is 32.1. The topological polar surface area (TPSA) is 42.2 Å². The number of quaternary nitrogens is 1. The van der Waals surface area contributed by atoms with Gasteiger partial charge in [-0.2, -0.15) is 0 Å². The number of benzene rings is 1. The SMILES string of the molecule is C[C@H]1CCCC[NH+]1CCCn1c(=S)[nH]c2ccccc2c1=O. The molecule has 1 aromatic heterocycles. The summed E-state index contributed by atoms with van der Waals surface area (Å²) in [4.78, 5) is 17.4. The van der Waals surface area contributed by atoms with Crippen LogP contribution in [-0.2, 0) is 6.54 Å². The van der Waals surface area contributed by atoms with Crippen molar-refractivity contribution in [3.63, 3.8) is 0 Å². The second kappa shape index (κ2) is 6.75. The molecule has 0 bridgehead atoms. The van der Waals surface area contributed by atoms with Crippen molar-refractivity contribution >= 4 is 23.1 Å². The van der Waals surface area contributed by atoms with E-state index < -0.39 is 0 Å². The summed E-state index contributed by atoms with van der Waals surface area (Å²) in [5.41, 5.74) is 0.852. The third-order valence-electron chi connectivity index (χ3n) is 4.85. The molecule has 1 aliphatic rings. The highest BCUT2D eigenvalue weighted by molar-refractivity contribution is 7.71. The van der Waals surface area contributed by atoms with Crippen LogP contribution in [0.5, 0.6) is 0 Å². The summed E-state index contributed by atoms with van der Waals surface area (Å²) in [6.07, 6.45) is 5.01. The van der Waals surface area contributed by atoms with Gasteiger partial charge in [0.25, 0.3) is 5.56 Å². The molecule has 0 amide bonds. The molecule has 2 N–H and O–H groups in total. The Labute approximate surface area is 135 Å². The van der Waals surface area contributed by atoms with Gasteiger partial charge < -0.3 is 9.88 Å². The van der Waals surface area contributed by atoms with Crippen LogP contribution in [0.25, 0.3) is 10.9 Å². The van der Waals surface area contributed by atoms with Gasteiger partial charge in [-0.05, 0) is 50.5 Å². The normalized spacial score (nSPS) is 22.0. The lowest BCUT2D eigenvalue weighted by molar-refractivity contribution is -0.928. The Morgan fingerprint density at radius 3 is 3.00 bits per heavy atom. The van der Waals surface area contributed by atoms with Crippen molar-refractivity contribution in [1.29, 1.82) is 0 Å². The number of piperidine rings is 1. The average molecular weight is 318 g/mol. The van der Waals surface area contributed by atoms with Crippen molar-refractivity contribution in [3.8, 4) is 0 Å². The number of aromatic amines is 1. The highest BCUT2D eigenvalue weighted by Crippen LogP contribution is 2.06. The summed E-state index contributed by atoms with van der Waals surface area (Å²) >= 11 is 5.36. The molecule has 1 aliphatic heterocycles. The highest BCUT2D eigenvalue weighted by Gasteiger charge is 2.21. The summed E-state index contributed by atoms with van der Waals surface area (Å²) in [6.45, 7) is 5.42. The van der Waals surface area contributed by atoms with E-state index in [-0.39, 0.29) is 5.56 Å². The molecule has 0 saturated carbocycles. The van der Waals surface area contributed by atoms with Gasteiger partial charge in [-0.3, -0.25) is 9.36 Å². The average Bonchev–Trinajstić information content (AvgIpc) is 2.52. The summed E-state index contributed by atoms with van der Waals surface area (Å²) in [6, 6.07) is 8.31. The third kappa shape index (κ3) is 3.15. The lowest BCUT2D eigenvalue weighted by Crippen LogP contribution is -3.16. The van der Waals surface area contributed by atoms with Crippen LogP contribution in [0.15, 0.2) is 29.1 Å². The fraction of sp³-hybridized carbons (Fsp3) is 0.529. The maximum Gasteiger partial charge on any atom is 0.262 e. The van der Waals surface area contributed by atoms with Crippen LogP contribution in [0.2, 0.25) is 0 Å². The molecule has 2 atom stereocenters. The van der Waals surface area contributed by atoms with Crippen molar-refractivity contribution < 1.29 is 4.90 Å². The van der Waals surface area contributed by atoms with Gasteiger partial charge in [0.05, 0.1) is 30.0 Å². The minimum atomic E-state index is 0.0287. The van der Waals surface area contributed by atoms with Crippen LogP contribution < -0.4 is 10.5 Å². The van der Waals surface area contributed by atoms with Crippen LogP contribution in [0, 0.1) is 4.77 Å². The van der Waals surface area contributed by atoms with Crippen molar-refractivity contribution in [2.45, 2.75) is 45.2 Å². The summed E-state index contributed by atoms with van der Waals surface area (Å²) in [7, 11) is 0. The molecule has 2 heterocycles. The van der Waals surface area contributed by atoms with Crippen LogP contribution in [0.1, 0.15) is 32.6 Å². The van der Waals surface area contributed by atoms with E-state index in [0.717, 1.165) is 29.9 Å². The number of para-hydroxylation sites is 1. The smallest absolute Gasteiger partial charge is 0.262 e. The molecule has 118 valence electrons. The minimum Gasteiger partial charge on any atom is -0.333 e. The number of fused-ring (bicyclic) bond motifs is 1. The van der Waals surface area contributed by atoms with Gasteiger partial charge in [-0.1, -0.05) is 12.1 Å². The van der Waals surface area contributed by atoms with Crippen LogP contribution in [0.3, 0.4) is 0 Å². The number of aromatic nitrogens is 2. The van der Waals surface area contributed by atoms with Gasteiger partial charge in [0, 0.05) is 13.0 Å². The Kier molecular flexibility index (Phi) is 4.74. The van der Waals surface area contributed by atoms with Crippen molar-refractivity contribution in [2.24, 2.45) is 0 Å². The maximum absolute atomic E-state index is 12.6. The molecule has 5 heteroatoms. The first-order valence-electron chi connectivity index (χ1n) is 8.23. The molecule has 3 rings (SSSR count). The number of nitrogens with zero attached hydrogens (tertiary/aromatic N) is 1. The summed E-state index contributed by atoms with van der Waals surface area (Å²) in [5, 5.41) is 0.717. The molecule has 0 aliphatic carbocycles. The molecule has 0 radical (unpaired) electrons. The second-order valence-electron chi connectivity index (χ2n) is 6.34. The fourth-order valence-electron chi connectivity index (χ4n) is 3.49. The zero-order chi connectivity index (χ0) is 15.5.